The van der Waals surface area contributed by atoms with Crippen molar-refractivity contribution < 1.29 is 9.59 Å². The Kier molecular flexibility index (Phi) is 4.66. The first kappa shape index (κ1) is 16.0. The van der Waals surface area contributed by atoms with Crippen molar-refractivity contribution in [1.29, 1.82) is 0 Å². The van der Waals surface area contributed by atoms with Crippen molar-refractivity contribution in [3.63, 3.8) is 0 Å². The highest BCUT2D eigenvalue weighted by molar-refractivity contribution is 6.00. The van der Waals surface area contributed by atoms with E-state index in [1.54, 1.807) is 4.90 Å². The van der Waals surface area contributed by atoms with Gasteiger partial charge in [0.1, 0.15) is 6.04 Å². The van der Waals surface area contributed by atoms with Crippen LogP contribution in [0.25, 0.3) is 0 Å². The predicted molar refractivity (Wildman–Crippen MR) is 90.0 cm³/mol. The quantitative estimate of drug-likeness (QED) is 0.892. The summed E-state index contributed by atoms with van der Waals surface area (Å²) in [5.74, 6) is -0.0506. The maximum Gasteiger partial charge on any atom is 0.249 e. The third kappa shape index (κ3) is 3.55. The fraction of sp³-hybridized carbons (Fsp3) is 0.556. The fourth-order valence-corrected chi connectivity index (χ4v) is 3.53. The minimum atomic E-state index is -0.408. The van der Waals surface area contributed by atoms with Crippen LogP contribution in [0, 0.1) is 12.8 Å². The van der Waals surface area contributed by atoms with Gasteiger partial charge in [-0.05, 0) is 51.2 Å². The zero-order valence-corrected chi connectivity index (χ0v) is 13.6. The van der Waals surface area contributed by atoms with Crippen molar-refractivity contribution >= 4 is 17.5 Å². The average molecular weight is 315 g/mol. The van der Waals surface area contributed by atoms with E-state index in [9.17, 15) is 9.59 Å². The van der Waals surface area contributed by atoms with Gasteiger partial charge in [-0.15, -0.1) is 0 Å². The zero-order chi connectivity index (χ0) is 16.4. The summed E-state index contributed by atoms with van der Waals surface area (Å²) in [6, 6.07) is 7.65. The number of carbonyl (C=O) groups excluding carboxylic acids is 2. The van der Waals surface area contributed by atoms with Gasteiger partial charge in [-0.25, -0.2) is 0 Å². The topological polar surface area (TPSA) is 75.4 Å². The minimum absolute atomic E-state index is 0.00394. The molecule has 3 atom stereocenters. The molecule has 3 unspecified atom stereocenters. The molecule has 1 saturated carbocycles. The first-order valence-electron chi connectivity index (χ1n) is 8.48. The molecule has 1 saturated heterocycles. The van der Waals surface area contributed by atoms with Crippen LogP contribution in [0.3, 0.4) is 0 Å². The molecule has 1 aliphatic heterocycles. The number of benzene rings is 1. The number of nitrogens with one attached hydrogen (secondary N) is 1. The van der Waals surface area contributed by atoms with E-state index in [1.165, 1.54) is 5.56 Å². The van der Waals surface area contributed by atoms with Crippen molar-refractivity contribution in [2.75, 3.05) is 11.4 Å². The van der Waals surface area contributed by atoms with Gasteiger partial charge in [-0.2, -0.15) is 0 Å². The highest BCUT2D eigenvalue weighted by Crippen LogP contribution is 2.26. The first-order chi connectivity index (χ1) is 11.0. The van der Waals surface area contributed by atoms with Crippen LogP contribution < -0.4 is 16.0 Å². The molecule has 2 amide bonds. The molecule has 23 heavy (non-hydrogen) atoms. The van der Waals surface area contributed by atoms with E-state index in [-0.39, 0.29) is 23.8 Å². The van der Waals surface area contributed by atoms with Crippen LogP contribution in [0.15, 0.2) is 24.3 Å². The molecule has 3 rings (SSSR count). The Labute approximate surface area is 137 Å². The molecule has 1 aromatic carbocycles. The Morgan fingerprint density at radius 3 is 2.61 bits per heavy atom. The van der Waals surface area contributed by atoms with Gasteiger partial charge in [0.25, 0.3) is 0 Å². The average Bonchev–Trinajstić information content (AvgIpc) is 2.97. The van der Waals surface area contributed by atoms with Crippen LogP contribution in [0.1, 0.15) is 37.7 Å². The standard InChI is InChI=1S/C18H25N3O2/c1-12-4-8-15(9-5-12)21-10-2-3-16(18(21)23)20-17(22)13-6-7-14(19)11-13/h4-5,8-9,13-14,16H,2-3,6-7,10-11,19H2,1H3,(H,20,22). The molecule has 5 nitrogen and oxygen atoms in total. The lowest BCUT2D eigenvalue weighted by Gasteiger charge is -2.33. The van der Waals surface area contributed by atoms with Gasteiger partial charge in [-0.3, -0.25) is 9.59 Å². The summed E-state index contributed by atoms with van der Waals surface area (Å²) in [6.07, 6.45) is 4.07. The van der Waals surface area contributed by atoms with Crippen LogP contribution in [-0.4, -0.2) is 30.4 Å². The highest BCUT2D eigenvalue weighted by atomic mass is 16.2. The van der Waals surface area contributed by atoms with Crippen molar-refractivity contribution in [3.8, 4) is 0 Å². The predicted octanol–water partition coefficient (Wildman–Crippen LogP) is 1.73. The number of nitrogens with two attached hydrogens (primary N) is 1. The molecule has 2 fully saturated rings. The number of nitrogens with zero attached hydrogens (tertiary/aromatic N) is 1. The molecule has 0 spiro atoms. The van der Waals surface area contributed by atoms with E-state index in [0.717, 1.165) is 31.4 Å². The zero-order valence-electron chi connectivity index (χ0n) is 13.6. The Balaban J connectivity index is 1.65. The second kappa shape index (κ2) is 6.71. The normalized spacial score (nSPS) is 28.0. The number of hydrogen-bond donors (Lipinski definition) is 2. The number of hydrogen-bond acceptors (Lipinski definition) is 3. The van der Waals surface area contributed by atoms with Crippen LogP contribution >= 0.6 is 0 Å². The summed E-state index contributed by atoms with van der Waals surface area (Å²) in [7, 11) is 0. The molecule has 3 N–H and O–H groups in total. The molecule has 1 heterocycles. The summed E-state index contributed by atoms with van der Waals surface area (Å²) < 4.78 is 0. The molecular formula is C18H25N3O2. The van der Waals surface area contributed by atoms with Gasteiger partial charge in [0, 0.05) is 24.2 Å². The van der Waals surface area contributed by atoms with Gasteiger partial charge in [-0.1, -0.05) is 17.7 Å². The molecule has 5 heteroatoms. The summed E-state index contributed by atoms with van der Waals surface area (Å²) in [5.41, 5.74) is 7.95. The number of rotatable bonds is 3. The van der Waals surface area contributed by atoms with Crippen molar-refractivity contribution in [1.82, 2.24) is 5.32 Å². The lowest BCUT2D eigenvalue weighted by Crippen LogP contribution is -2.53. The Morgan fingerprint density at radius 1 is 1.22 bits per heavy atom. The Morgan fingerprint density at radius 2 is 1.96 bits per heavy atom. The number of amides is 2. The van der Waals surface area contributed by atoms with E-state index >= 15 is 0 Å². The second-order valence-corrected chi connectivity index (χ2v) is 6.80. The van der Waals surface area contributed by atoms with Gasteiger partial charge in [0.2, 0.25) is 11.8 Å². The monoisotopic (exact) mass is 315 g/mol. The third-order valence-electron chi connectivity index (χ3n) is 4.94. The van der Waals surface area contributed by atoms with E-state index in [0.29, 0.717) is 13.0 Å². The van der Waals surface area contributed by atoms with Gasteiger partial charge in [0.15, 0.2) is 0 Å². The smallest absolute Gasteiger partial charge is 0.249 e. The lowest BCUT2D eigenvalue weighted by atomic mass is 10.0. The van der Waals surface area contributed by atoms with E-state index < -0.39 is 6.04 Å². The number of carbonyl (C=O) groups is 2. The van der Waals surface area contributed by atoms with Crippen LogP contribution in [0.4, 0.5) is 5.69 Å². The maximum atomic E-state index is 12.7. The summed E-state index contributed by atoms with van der Waals surface area (Å²) >= 11 is 0. The number of aryl methyl sites for hydroxylation is 1. The SMILES string of the molecule is Cc1ccc(N2CCCC(NC(=O)C3CCC(N)C3)C2=O)cc1. The number of piperidine rings is 1. The van der Waals surface area contributed by atoms with Crippen LogP contribution in [0.5, 0.6) is 0 Å². The summed E-state index contributed by atoms with van der Waals surface area (Å²) in [6.45, 7) is 2.74. The minimum Gasteiger partial charge on any atom is -0.344 e. The highest BCUT2D eigenvalue weighted by Gasteiger charge is 2.34. The van der Waals surface area contributed by atoms with Crippen LogP contribution in [-0.2, 0) is 9.59 Å². The van der Waals surface area contributed by atoms with Crippen molar-refractivity contribution in [3.05, 3.63) is 29.8 Å². The van der Waals surface area contributed by atoms with Gasteiger partial charge < -0.3 is 16.0 Å². The molecule has 0 bridgehead atoms. The molecule has 124 valence electrons. The molecule has 1 aliphatic carbocycles. The summed E-state index contributed by atoms with van der Waals surface area (Å²) in [5, 5.41) is 2.96. The fourth-order valence-electron chi connectivity index (χ4n) is 3.53. The number of anilines is 1. The van der Waals surface area contributed by atoms with Gasteiger partial charge >= 0.3 is 0 Å². The molecular weight excluding hydrogens is 290 g/mol. The molecule has 1 aromatic rings. The van der Waals surface area contributed by atoms with Crippen molar-refractivity contribution in [2.24, 2.45) is 11.7 Å². The van der Waals surface area contributed by atoms with E-state index in [4.69, 9.17) is 5.73 Å². The largest absolute Gasteiger partial charge is 0.344 e. The Bertz CT molecular complexity index is 584. The molecule has 0 radical (unpaired) electrons. The van der Waals surface area contributed by atoms with E-state index in [1.807, 2.05) is 31.2 Å². The summed E-state index contributed by atoms with van der Waals surface area (Å²) in [4.78, 5) is 26.9. The van der Waals surface area contributed by atoms with Crippen LogP contribution in [0.2, 0.25) is 0 Å². The lowest BCUT2D eigenvalue weighted by molar-refractivity contribution is -0.130. The second-order valence-electron chi connectivity index (χ2n) is 6.80. The molecule has 2 aliphatic rings. The molecule has 0 aromatic heterocycles. The third-order valence-corrected chi connectivity index (χ3v) is 4.94. The Hall–Kier alpha value is -1.88. The first-order valence-corrected chi connectivity index (χ1v) is 8.48. The van der Waals surface area contributed by atoms with E-state index in [2.05, 4.69) is 5.32 Å². The van der Waals surface area contributed by atoms with Crippen molar-refractivity contribution in [2.45, 2.75) is 51.1 Å². The van der Waals surface area contributed by atoms with Gasteiger partial charge in [0.05, 0.1) is 0 Å². The maximum absolute atomic E-state index is 12.7.